The standard InChI is InChI=1S/C20H31NO5.C19H27NO6.C13H23NO6.C13H25NO5/c1-19(2,3)26-18(22)21-11-16(25-17(12-21)20(4,5)23)14-24-13-15-9-7-6-8-10-15;1-19(2,3)26-18(22)20-10-15(25-16(11-20)17(21)23-4)13-24-12-14-8-6-5-7-9-14;1-12(2,3)20-11(17)14-6-8(10(15)16)19-9(7-14)13(4,5)18;1-12(2,3)19-11(16)14-6-9(8-15)18-10(7-14)13(4,5)17/h6-10,16-17,23H,11-14H2,1-5H3;5-9,15-16H,10-13H2,1-4H3;8-9,18H,6-7H2,1-5H3,(H,15,16);9-10,15,17H,6-8H2,1-5H3/t16-,17+;15-,16+;8-,9+;9-,10+/m1111/s1. The van der Waals surface area contributed by atoms with E-state index >= 15 is 0 Å². The van der Waals surface area contributed by atoms with E-state index in [0.29, 0.717) is 26.4 Å². The van der Waals surface area contributed by atoms with E-state index in [1.54, 1.807) is 94.9 Å². The van der Waals surface area contributed by atoms with Crippen LogP contribution in [0.4, 0.5) is 19.2 Å². The van der Waals surface area contributed by atoms with Crippen LogP contribution in [0.15, 0.2) is 60.7 Å². The average Bonchev–Trinajstić information content (AvgIpc) is 1.32. The molecular formula is C65H106N4O22. The summed E-state index contributed by atoms with van der Waals surface area (Å²) in [5.41, 5.74) is -3.73. The molecule has 0 aliphatic carbocycles. The molecular weight excluding hydrogens is 1190 g/mol. The van der Waals surface area contributed by atoms with Crippen LogP contribution >= 0.6 is 0 Å². The lowest BCUT2D eigenvalue weighted by molar-refractivity contribution is -0.183. The number of aliphatic carboxylic acids is 1. The minimum Gasteiger partial charge on any atom is -0.479 e. The SMILES string of the molecule is CC(C)(C)OC(=O)N1C[C@@H](C(C)(C)O)O[C@@H](C(=O)O)C1.CC(C)(C)OC(=O)N1C[C@H](CO)O[C@H](C(C)(C)O)C1.CC(C)(C)OC(=O)N1C[C@H](COCc2ccccc2)O[C@H](C(C)(C)O)C1.COC(=O)[C@@H]1CN(C(=O)OC(C)(C)C)C[C@H](COCc2ccccc2)O1. The number of aliphatic hydroxyl groups excluding tert-OH is 1. The summed E-state index contributed by atoms with van der Waals surface area (Å²) in [5.74, 6) is -1.70. The highest BCUT2D eigenvalue weighted by Crippen LogP contribution is 2.27. The van der Waals surface area contributed by atoms with Crippen molar-refractivity contribution in [2.75, 3.05) is 79.3 Å². The van der Waals surface area contributed by atoms with Crippen LogP contribution in [-0.4, -0.2) is 249 Å². The third-order valence-corrected chi connectivity index (χ3v) is 13.3. The van der Waals surface area contributed by atoms with Crippen molar-refractivity contribution in [3.8, 4) is 0 Å². The second kappa shape index (κ2) is 34.3. The zero-order chi connectivity index (χ0) is 69.1. The Morgan fingerprint density at radius 2 is 0.725 bits per heavy atom. The molecule has 2 aromatic carbocycles. The molecule has 91 heavy (non-hydrogen) atoms. The van der Waals surface area contributed by atoms with Gasteiger partial charge >= 0.3 is 36.3 Å². The Balaban J connectivity index is 0.000000320. The number of hydrogen-bond acceptors (Lipinski definition) is 21. The summed E-state index contributed by atoms with van der Waals surface area (Å²) in [6.07, 6.45) is -7.09. The van der Waals surface area contributed by atoms with E-state index < -0.39 is 118 Å². The van der Waals surface area contributed by atoms with Gasteiger partial charge in [-0.05, 0) is 136 Å². The van der Waals surface area contributed by atoms with Gasteiger partial charge in [-0.1, -0.05) is 60.7 Å². The number of morpholine rings is 4. The first kappa shape index (κ1) is 79.3. The van der Waals surface area contributed by atoms with Crippen LogP contribution in [-0.2, 0) is 74.9 Å². The fraction of sp³-hybridized carbons (Fsp3) is 0.723. The highest BCUT2D eigenvalue weighted by atomic mass is 16.6. The van der Waals surface area contributed by atoms with Crippen LogP contribution in [0.25, 0.3) is 0 Å². The molecule has 4 fully saturated rings. The Kier molecular flexibility index (Phi) is 29.9. The first-order chi connectivity index (χ1) is 41.7. The predicted octanol–water partition coefficient (Wildman–Crippen LogP) is 6.96. The van der Waals surface area contributed by atoms with E-state index in [1.165, 1.54) is 35.7 Å². The molecule has 0 unspecified atom stereocenters. The van der Waals surface area contributed by atoms with Gasteiger partial charge in [-0.3, -0.25) is 0 Å². The number of hydrogen-bond donors (Lipinski definition) is 5. The fourth-order valence-electron chi connectivity index (χ4n) is 8.80. The molecule has 4 aliphatic rings. The van der Waals surface area contributed by atoms with Crippen LogP contribution < -0.4 is 0 Å². The lowest BCUT2D eigenvalue weighted by Gasteiger charge is -2.42. The maximum absolute atomic E-state index is 12.5. The Bertz CT molecular complexity index is 2560. The quantitative estimate of drug-likeness (QED) is 0.0942. The molecule has 0 bridgehead atoms. The zero-order valence-corrected chi connectivity index (χ0v) is 57.0. The van der Waals surface area contributed by atoms with Gasteiger partial charge in [0, 0.05) is 0 Å². The maximum Gasteiger partial charge on any atom is 0.410 e. The topological polar surface area (TPSA) is 318 Å². The van der Waals surface area contributed by atoms with E-state index in [-0.39, 0.29) is 65.1 Å². The highest BCUT2D eigenvalue weighted by Gasteiger charge is 2.44. The summed E-state index contributed by atoms with van der Waals surface area (Å²) < 4.78 is 60.2. The molecule has 26 heteroatoms. The third-order valence-electron chi connectivity index (χ3n) is 13.3. The largest absolute Gasteiger partial charge is 0.479 e. The molecule has 5 N–H and O–H groups in total. The number of esters is 1. The normalized spacial score (nSPS) is 22.7. The Hall–Kier alpha value is -5.94. The molecule has 4 amide bonds. The predicted molar refractivity (Wildman–Crippen MR) is 334 cm³/mol. The zero-order valence-electron chi connectivity index (χ0n) is 57.0. The molecule has 518 valence electrons. The van der Waals surface area contributed by atoms with Crippen molar-refractivity contribution in [1.29, 1.82) is 0 Å². The number of methoxy groups -OCH3 is 1. The van der Waals surface area contributed by atoms with Gasteiger partial charge in [-0.15, -0.1) is 0 Å². The molecule has 2 aromatic rings. The molecule has 0 radical (unpaired) electrons. The summed E-state index contributed by atoms with van der Waals surface area (Å²) in [7, 11) is 1.29. The van der Waals surface area contributed by atoms with Crippen LogP contribution in [0, 0.1) is 0 Å². The Labute approximate surface area is 537 Å². The van der Waals surface area contributed by atoms with E-state index in [0.717, 1.165) is 11.1 Å². The lowest BCUT2D eigenvalue weighted by atomic mass is 9.99. The molecule has 4 saturated heterocycles. The van der Waals surface area contributed by atoms with Crippen LogP contribution in [0.3, 0.4) is 0 Å². The van der Waals surface area contributed by atoms with Gasteiger partial charge in [0.1, 0.15) is 40.7 Å². The van der Waals surface area contributed by atoms with E-state index in [4.69, 9.17) is 57.2 Å². The first-order valence-electron chi connectivity index (χ1n) is 30.6. The minimum atomic E-state index is -1.26. The molecule has 4 aliphatic heterocycles. The smallest absolute Gasteiger partial charge is 0.410 e. The van der Waals surface area contributed by atoms with Crippen molar-refractivity contribution in [2.45, 2.75) is 226 Å². The van der Waals surface area contributed by atoms with Crippen molar-refractivity contribution in [3.63, 3.8) is 0 Å². The van der Waals surface area contributed by atoms with Crippen LogP contribution in [0.1, 0.15) is 136 Å². The third kappa shape index (κ3) is 30.6. The number of ether oxygens (including phenoxy) is 11. The Morgan fingerprint density at radius 3 is 1.04 bits per heavy atom. The Morgan fingerprint density at radius 1 is 0.429 bits per heavy atom. The molecule has 0 aromatic heterocycles. The second-order valence-corrected chi connectivity index (χ2v) is 28.4. The van der Waals surface area contributed by atoms with Gasteiger partial charge < -0.3 is 97.2 Å². The van der Waals surface area contributed by atoms with Gasteiger partial charge in [0.05, 0.1) is 128 Å². The summed E-state index contributed by atoms with van der Waals surface area (Å²) in [5, 5.41) is 48.6. The number of nitrogens with zero attached hydrogens (tertiary/aromatic N) is 4. The van der Waals surface area contributed by atoms with Gasteiger partial charge in [0.15, 0.2) is 12.2 Å². The second-order valence-electron chi connectivity index (χ2n) is 28.4. The molecule has 4 heterocycles. The monoisotopic (exact) mass is 1290 g/mol. The first-order valence-corrected chi connectivity index (χ1v) is 30.6. The van der Waals surface area contributed by atoms with Gasteiger partial charge in [0.25, 0.3) is 0 Å². The summed E-state index contributed by atoms with van der Waals surface area (Å²) >= 11 is 0. The number of carbonyl (C=O) groups is 6. The average molecular weight is 1300 g/mol. The van der Waals surface area contributed by atoms with Crippen molar-refractivity contribution in [1.82, 2.24) is 19.6 Å². The van der Waals surface area contributed by atoms with E-state index in [1.807, 2.05) is 81.4 Å². The van der Waals surface area contributed by atoms with Gasteiger partial charge in [-0.25, -0.2) is 28.8 Å². The number of aliphatic hydroxyl groups is 4. The van der Waals surface area contributed by atoms with Gasteiger partial charge in [0.2, 0.25) is 0 Å². The number of rotatable bonds is 14. The summed E-state index contributed by atoms with van der Waals surface area (Å²) in [6.45, 7) is 33.9. The van der Waals surface area contributed by atoms with Gasteiger partial charge in [-0.2, -0.15) is 0 Å². The van der Waals surface area contributed by atoms with E-state index in [9.17, 15) is 49.2 Å². The van der Waals surface area contributed by atoms with Crippen molar-refractivity contribution in [3.05, 3.63) is 71.8 Å². The molecule has 26 nitrogen and oxygen atoms in total. The number of benzene rings is 2. The fourth-order valence-corrected chi connectivity index (χ4v) is 8.80. The minimum absolute atomic E-state index is 0.0855. The highest BCUT2D eigenvalue weighted by molar-refractivity contribution is 5.77. The summed E-state index contributed by atoms with van der Waals surface area (Å²) in [6, 6.07) is 19.6. The van der Waals surface area contributed by atoms with Crippen molar-refractivity contribution >= 4 is 36.3 Å². The summed E-state index contributed by atoms with van der Waals surface area (Å²) in [4.78, 5) is 77.7. The molecule has 6 rings (SSSR count). The number of amides is 4. The van der Waals surface area contributed by atoms with Crippen molar-refractivity contribution in [2.24, 2.45) is 0 Å². The lowest BCUT2D eigenvalue weighted by Crippen LogP contribution is -2.58. The van der Waals surface area contributed by atoms with Crippen molar-refractivity contribution < 1.29 is 106 Å². The molecule has 8 atom stereocenters. The van der Waals surface area contributed by atoms with E-state index in [2.05, 4.69) is 0 Å². The number of carbonyl (C=O) groups excluding carboxylic acids is 5. The molecule has 0 saturated carbocycles. The number of carboxylic acids is 1. The van der Waals surface area contributed by atoms with Crippen LogP contribution in [0.5, 0.6) is 0 Å². The molecule has 0 spiro atoms. The maximum atomic E-state index is 12.5. The number of carboxylic acid groups (broad SMARTS) is 1. The van der Waals surface area contributed by atoms with Crippen LogP contribution in [0.2, 0.25) is 0 Å².